The summed E-state index contributed by atoms with van der Waals surface area (Å²) in [6.45, 7) is 3.86. The first-order valence-electron chi connectivity index (χ1n) is 8.84. The molecule has 1 amide bonds. The number of hydrogen-bond acceptors (Lipinski definition) is 4. The van der Waals surface area contributed by atoms with E-state index in [1.54, 1.807) is 0 Å². The molecule has 5 heteroatoms. The molecule has 1 aromatic carbocycles. The minimum atomic E-state index is -0.161. The van der Waals surface area contributed by atoms with E-state index in [-0.39, 0.29) is 11.2 Å². The molecule has 1 heterocycles. The summed E-state index contributed by atoms with van der Waals surface area (Å²) in [5.74, 6) is 0.861. The number of para-hydroxylation sites is 1. The second-order valence-corrected chi connectivity index (χ2v) is 7.88. The van der Waals surface area contributed by atoms with E-state index in [1.165, 1.54) is 37.4 Å². The summed E-state index contributed by atoms with van der Waals surface area (Å²) in [7, 11) is 0. The third kappa shape index (κ3) is 4.26. The molecule has 0 radical (unpaired) electrons. The molecular formula is C19H25N3OS. The van der Waals surface area contributed by atoms with Gasteiger partial charge in [0, 0.05) is 11.4 Å². The molecule has 1 aliphatic rings. The zero-order valence-corrected chi connectivity index (χ0v) is 15.2. The van der Waals surface area contributed by atoms with Crippen LogP contribution in [0.4, 0.5) is 0 Å². The van der Waals surface area contributed by atoms with Gasteiger partial charge in [0.2, 0.25) is 5.91 Å². The predicted molar refractivity (Wildman–Crippen MR) is 99.2 cm³/mol. The van der Waals surface area contributed by atoms with Crippen LogP contribution in [-0.2, 0) is 4.79 Å². The summed E-state index contributed by atoms with van der Waals surface area (Å²) in [6, 6.07) is 8.32. The van der Waals surface area contributed by atoms with E-state index < -0.39 is 0 Å². The van der Waals surface area contributed by atoms with Crippen LogP contribution in [-0.4, -0.2) is 27.2 Å². The first-order chi connectivity index (χ1) is 11.6. The fraction of sp³-hybridized carbons (Fsp3) is 0.526. The Balaban J connectivity index is 1.70. The molecule has 128 valence electrons. The number of aromatic nitrogens is 2. The van der Waals surface area contributed by atoms with Gasteiger partial charge in [-0.15, -0.1) is 0 Å². The first-order valence-corrected chi connectivity index (χ1v) is 9.72. The third-order valence-electron chi connectivity index (χ3n) is 4.54. The van der Waals surface area contributed by atoms with Gasteiger partial charge in [-0.2, -0.15) is 0 Å². The topological polar surface area (TPSA) is 54.9 Å². The van der Waals surface area contributed by atoms with Gasteiger partial charge in [0.05, 0.1) is 10.8 Å². The van der Waals surface area contributed by atoms with E-state index in [4.69, 9.17) is 0 Å². The van der Waals surface area contributed by atoms with Crippen molar-refractivity contribution >= 4 is 28.6 Å². The number of fused-ring (bicyclic) bond motifs is 1. The van der Waals surface area contributed by atoms with Gasteiger partial charge in [-0.05, 0) is 32.8 Å². The summed E-state index contributed by atoms with van der Waals surface area (Å²) in [5, 5.41) is 4.98. The van der Waals surface area contributed by atoms with Crippen LogP contribution in [0, 0.1) is 6.92 Å². The van der Waals surface area contributed by atoms with Crippen LogP contribution < -0.4 is 5.32 Å². The van der Waals surface area contributed by atoms with Crippen molar-refractivity contribution in [2.24, 2.45) is 0 Å². The maximum Gasteiger partial charge on any atom is 0.233 e. The molecule has 4 nitrogen and oxygen atoms in total. The van der Waals surface area contributed by atoms with Crippen LogP contribution in [0.1, 0.15) is 51.3 Å². The number of thioether (sulfide) groups is 1. The van der Waals surface area contributed by atoms with Gasteiger partial charge in [0.1, 0.15) is 10.9 Å². The summed E-state index contributed by atoms with van der Waals surface area (Å²) >= 11 is 1.53. The molecule has 0 unspecified atom stereocenters. The Morgan fingerprint density at radius 3 is 2.62 bits per heavy atom. The predicted octanol–water partition coefficient (Wildman–Crippen LogP) is 4.26. The maximum atomic E-state index is 12.6. The lowest BCUT2D eigenvalue weighted by molar-refractivity contribution is -0.121. The Morgan fingerprint density at radius 2 is 1.88 bits per heavy atom. The molecule has 3 rings (SSSR count). The maximum absolute atomic E-state index is 12.6. The second kappa shape index (κ2) is 7.97. The van der Waals surface area contributed by atoms with E-state index in [0.717, 1.165) is 34.6 Å². The van der Waals surface area contributed by atoms with Crippen molar-refractivity contribution < 1.29 is 4.79 Å². The van der Waals surface area contributed by atoms with Crippen LogP contribution >= 0.6 is 11.8 Å². The lowest BCUT2D eigenvalue weighted by Crippen LogP contribution is -2.39. The van der Waals surface area contributed by atoms with Crippen molar-refractivity contribution in [1.29, 1.82) is 0 Å². The number of hydrogen-bond donors (Lipinski definition) is 1. The standard InChI is InChI=1S/C19H25N3OS/c1-13(18(23)22-15-9-5-3-4-6-10-15)24-19-16-11-7-8-12-17(16)20-14(2)21-19/h7-8,11-13,15H,3-6,9-10H2,1-2H3,(H,22,23)/t13-/m0/s1. The first kappa shape index (κ1) is 17.2. The highest BCUT2D eigenvalue weighted by atomic mass is 32.2. The van der Waals surface area contributed by atoms with Crippen LogP contribution in [0.15, 0.2) is 29.3 Å². The minimum Gasteiger partial charge on any atom is -0.352 e. The fourth-order valence-electron chi connectivity index (χ4n) is 3.21. The molecule has 1 fully saturated rings. The van der Waals surface area contributed by atoms with E-state index >= 15 is 0 Å². The molecule has 24 heavy (non-hydrogen) atoms. The quantitative estimate of drug-likeness (QED) is 0.512. The number of rotatable bonds is 4. The Bertz CT molecular complexity index is 711. The van der Waals surface area contributed by atoms with Crippen molar-refractivity contribution in [3.63, 3.8) is 0 Å². The molecule has 1 saturated carbocycles. The molecule has 1 N–H and O–H groups in total. The van der Waals surface area contributed by atoms with Crippen molar-refractivity contribution in [2.45, 2.75) is 68.7 Å². The fourth-order valence-corrected chi connectivity index (χ4v) is 4.21. The largest absolute Gasteiger partial charge is 0.352 e. The van der Waals surface area contributed by atoms with Gasteiger partial charge in [-0.3, -0.25) is 4.79 Å². The lowest BCUT2D eigenvalue weighted by Gasteiger charge is -2.19. The van der Waals surface area contributed by atoms with Crippen LogP contribution in [0.25, 0.3) is 10.9 Å². The molecule has 0 aliphatic heterocycles. The zero-order chi connectivity index (χ0) is 16.9. The van der Waals surface area contributed by atoms with Gasteiger partial charge in [0.15, 0.2) is 0 Å². The van der Waals surface area contributed by atoms with E-state index in [9.17, 15) is 4.79 Å². The molecule has 0 spiro atoms. The summed E-state index contributed by atoms with van der Waals surface area (Å²) < 4.78 is 0. The lowest BCUT2D eigenvalue weighted by atomic mass is 10.1. The average Bonchev–Trinajstić information content (AvgIpc) is 2.83. The Kier molecular flexibility index (Phi) is 5.72. The Labute approximate surface area is 147 Å². The molecular weight excluding hydrogens is 318 g/mol. The molecule has 0 bridgehead atoms. The number of nitrogens with zero attached hydrogens (tertiary/aromatic N) is 2. The van der Waals surface area contributed by atoms with Crippen LogP contribution in [0.5, 0.6) is 0 Å². The second-order valence-electron chi connectivity index (χ2n) is 6.55. The molecule has 1 atom stereocenters. The number of aryl methyl sites for hydroxylation is 1. The highest BCUT2D eigenvalue weighted by molar-refractivity contribution is 8.00. The monoisotopic (exact) mass is 343 g/mol. The highest BCUT2D eigenvalue weighted by Gasteiger charge is 2.21. The molecule has 1 aromatic heterocycles. The van der Waals surface area contributed by atoms with Crippen molar-refractivity contribution in [3.05, 3.63) is 30.1 Å². The van der Waals surface area contributed by atoms with Crippen molar-refractivity contribution in [2.75, 3.05) is 0 Å². The van der Waals surface area contributed by atoms with Gasteiger partial charge in [0.25, 0.3) is 0 Å². The summed E-state index contributed by atoms with van der Waals surface area (Å²) in [5.41, 5.74) is 0.934. The number of benzene rings is 1. The normalized spacial score (nSPS) is 17.4. The SMILES string of the molecule is Cc1nc(S[C@@H](C)C(=O)NC2CCCCCC2)c2ccccc2n1. The van der Waals surface area contributed by atoms with Gasteiger partial charge < -0.3 is 5.32 Å². The van der Waals surface area contributed by atoms with E-state index in [0.29, 0.717) is 6.04 Å². The van der Waals surface area contributed by atoms with Gasteiger partial charge >= 0.3 is 0 Å². The number of carbonyl (C=O) groups is 1. The third-order valence-corrected chi connectivity index (χ3v) is 5.64. The van der Waals surface area contributed by atoms with E-state index in [1.807, 2.05) is 38.1 Å². The molecule has 1 aliphatic carbocycles. The van der Waals surface area contributed by atoms with Crippen LogP contribution in [0.3, 0.4) is 0 Å². The van der Waals surface area contributed by atoms with Crippen molar-refractivity contribution in [3.8, 4) is 0 Å². The van der Waals surface area contributed by atoms with Gasteiger partial charge in [-0.25, -0.2) is 9.97 Å². The summed E-state index contributed by atoms with van der Waals surface area (Å²) in [4.78, 5) is 21.6. The number of nitrogens with one attached hydrogen (secondary N) is 1. The van der Waals surface area contributed by atoms with Gasteiger partial charge in [-0.1, -0.05) is 55.6 Å². The minimum absolute atomic E-state index is 0.118. The average molecular weight is 343 g/mol. The highest BCUT2D eigenvalue weighted by Crippen LogP contribution is 2.29. The molecule has 0 saturated heterocycles. The smallest absolute Gasteiger partial charge is 0.233 e. The Morgan fingerprint density at radius 1 is 1.17 bits per heavy atom. The van der Waals surface area contributed by atoms with E-state index in [2.05, 4.69) is 15.3 Å². The number of carbonyl (C=O) groups excluding carboxylic acids is 1. The molecule has 2 aromatic rings. The Hall–Kier alpha value is -1.62. The summed E-state index contributed by atoms with van der Waals surface area (Å²) in [6.07, 6.45) is 7.26. The number of amides is 1. The van der Waals surface area contributed by atoms with Crippen LogP contribution in [0.2, 0.25) is 0 Å². The zero-order valence-electron chi connectivity index (χ0n) is 14.4. The van der Waals surface area contributed by atoms with Crippen molar-refractivity contribution in [1.82, 2.24) is 15.3 Å².